The first-order valence-electron chi connectivity index (χ1n) is 13.0. The van der Waals surface area contributed by atoms with Crippen LogP contribution in [0.25, 0.3) is 17.0 Å². The first-order valence-corrected chi connectivity index (χ1v) is 13.0. The molecule has 1 aromatic heterocycles. The fourth-order valence-corrected chi connectivity index (χ4v) is 4.64. The third kappa shape index (κ3) is 7.10. The Kier molecular flexibility index (Phi) is 9.27. The Labute approximate surface area is 232 Å². The van der Waals surface area contributed by atoms with E-state index < -0.39 is 24.7 Å². The van der Waals surface area contributed by atoms with Gasteiger partial charge >= 0.3 is 13.2 Å². The Morgan fingerprint density at radius 3 is 2.80 bits per heavy atom. The van der Waals surface area contributed by atoms with E-state index in [2.05, 4.69) is 5.32 Å². The van der Waals surface area contributed by atoms with Gasteiger partial charge in [0.15, 0.2) is 0 Å². The highest BCUT2D eigenvalue weighted by Gasteiger charge is 2.35. The van der Waals surface area contributed by atoms with Crippen LogP contribution in [0.2, 0.25) is 0 Å². The third-order valence-electron chi connectivity index (χ3n) is 6.79. The number of hydrogen-bond donors (Lipinski definition) is 3. The van der Waals surface area contributed by atoms with E-state index in [1.54, 1.807) is 29.2 Å². The predicted molar refractivity (Wildman–Crippen MR) is 149 cm³/mol. The smallest absolute Gasteiger partial charge is 0.464 e. The van der Waals surface area contributed by atoms with Gasteiger partial charge in [0.2, 0.25) is 0 Å². The number of nitrogens with one attached hydrogen (secondary N) is 1. The minimum Gasteiger partial charge on any atom is -0.464 e. The molecule has 1 aliphatic rings. The number of nitriles is 1. The van der Waals surface area contributed by atoms with E-state index in [1.807, 2.05) is 50.2 Å². The fourth-order valence-electron chi connectivity index (χ4n) is 4.64. The molecule has 0 spiro atoms. The predicted octanol–water partition coefficient (Wildman–Crippen LogP) is 2.87. The number of fused-ring (bicyclic) bond motifs is 1. The Morgan fingerprint density at radius 2 is 2.05 bits per heavy atom. The third-order valence-corrected chi connectivity index (χ3v) is 6.79. The zero-order valence-electron chi connectivity index (χ0n) is 22.5. The van der Waals surface area contributed by atoms with Gasteiger partial charge in [-0.25, -0.2) is 4.79 Å². The topological polar surface area (TPSA) is 145 Å². The number of morpholine rings is 1. The highest BCUT2D eigenvalue weighted by molar-refractivity contribution is 6.43. The van der Waals surface area contributed by atoms with Gasteiger partial charge in [-0.2, -0.15) is 5.26 Å². The maximum Gasteiger partial charge on any atom is 0.475 e. The van der Waals surface area contributed by atoms with Crippen molar-refractivity contribution in [3.63, 3.8) is 0 Å². The second kappa shape index (κ2) is 12.8. The first kappa shape index (κ1) is 28.9. The zero-order chi connectivity index (χ0) is 28.7. The zero-order valence-corrected chi connectivity index (χ0v) is 22.5. The van der Waals surface area contributed by atoms with Gasteiger partial charge in [0.1, 0.15) is 17.2 Å². The second-order valence-electron chi connectivity index (χ2n) is 10.2. The van der Waals surface area contributed by atoms with E-state index in [1.165, 1.54) is 6.26 Å². The van der Waals surface area contributed by atoms with Crippen molar-refractivity contribution in [3.05, 3.63) is 77.1 Å². The van der Waals surface area contributed by atoms with Crippen LogP contribution in [-0.4, -0.2) is 71.9 Å². The molecule has 1 saturated heterocycles. The maximum absolute atomic E-state index is 13.1. The van der Waals surface area contributed by atoms with E-state index in [-0.39, 0.29) is 24.5 Å². The second-order valence-corrected chi connectivity index (χ2v) is 10.2. The first-order chi connectivity index (χ1) is 19.2. The number of nitrogens with zero attached hydrogens (tertiary/aromatic N) is 2. The van der Waals surface area contributed by atoms with E-state index in [0.717, 1.165) is 16.5 Å². The van der Waals surface area contributed by atoms with Crippen molar-refractivity contribution in [2.75, 3.05) is 26.4 Å². The van der Waals surface area contributed by atoms with Crippen LogP contribution in [0.5, 0.6) is 0 Å². The quantitative estimate of drug-likeness (QED) is 0.212. The molecule has 1 aliphatic heterocycles. The molecule has 1 atom stereocenters. The minimum absolute atomic E-state index is 0.0294. The van der Waals surface area contributed by atoms with Gasteiger partial charge in [0.05, 0.1) is 37.6 Å². The molecule has 40 heavy (non-hydrogen) atoms. The lowest BCUT2D eigenvalue weighted by molar-refractivity contribution is -0.141. The molecule has 0 aliphatic carbocycles. The molecule has 2 heterocycles. The van der Waals surface area contributed by atoms with Crippen molar-refractivity contribution in [2.24, 2.45) is 0 Å². The average Bonchev–Trinajstić information content (AvgIpc) is 3.33. The van der Waals surface area contributed by atoms with Gasteiger partial charge in [0.25, 0.3) is 5.91 Å². The summed E-state index contributed by atoms with van der Waals surface area (Å²) in [6.45, 7) is 5.08. The summed E-state index contributed by atoms with van der Waals surface area (Å²) in [5.74, 6) is -1.34. The highest BCUT2D eigenvalue weighted by Crippen LogP contribution is 2.23. The molecule has 0 saturated carbocycles. The SMILES string of the molecule is CC1(C)COCCN1C(=O)C(C#N)=Cc1cccc(CCOC(=O)NC(Cc2coc3ccccc23)B(O)O)c1. The van der Waals surface area contributed by atoms with E-state index in [4.69, 9.17) is 13.9 Å². The number of amides is 2. The lowest BCUT2D eigenvalue weighted by Crippen LogP contribution is -2.55. The molecule has 208 valence electrons. The van der Waals surface area contributed by atoms with Crippen LogP contribution < -0.4 is 5.32 Å². The summed E-state index contributed by atoms with van der Waals surface area (Å²) >= 11 is 0. The summed E-state index contributed by atoms with van der Waals surface area (Å²) in [6, 6.07) is 16.6. The molecule has 0 radical (unpaired) electrons. The summed E-state index contributed by atoms with van der Waals surface area (Å²) in [6.07, 6.45) is 2.81. The van der Waals surface area contributed by atoms with Crippen LogP contribution in [0.1, 0.15) is 30.5 Å². The molecule has 2 amide bonds. The lowest BCUT2D eigenvalue weighted by atomic mass is 9.76. The molecule has 1 fully saturated rings. The van der Waals surface area contributed by atoms with E-state index in [0.29, 0.717) is 37.3 Å². The molecule has 2 aromatic carbocycles. The van der Waals surface area contributed by atoms with Gasteiger partial charge < -0.3 is 34.2 Å². The Balaban J connectivity index is 1.33. The van der Waals surface area contributed by atoms with Gasteiger partial charge in [-0.05, 0) is 49.1 Å². The summed E-state index contributed by atoms with van der Waals surface area (Å²) in [5.41, 5.74) is 2.42. The Morgan fingerprint density at radius 1 is 1.25 bits per heavy atom. The molecule has 11 heteroatoms. The van der Waals surface area contributed by atoms with Gasteiger partial charge in [0, 0.05) is 18.4 Å². The van der Waals surface area contributed by atoms with Crippen molar-refractivity contribution < 1.29 is 33.5 Å². The van der Waals surface area contributed by atoms with Crippen LogP contribution in [0.15, 0.2) is 64.8 Å². The standard InChI is InChI=1S/C29H32BN3O7/c1-29(2)19-38-13-11-33(29)27(34)22(17-31)15-21-7-5-6-20(14-21)10-12-39-28(35)32-26(30(36)37)16-23-18-40-25-9-4-3-8-24(23)25/h3-9,14-15,18,26,36-37H,10-13,16,19H2,1-2H3,(H,32,35). The van der Waals surface area contributed by atoms with Crippen LogP contribution in [0.4, 0.5) is 4.79 Å². The molecular formula is C29H32BN3O7. The number of rotatable bonds is 9. The van der Waals surface area contributed by atoms with Crippen LogP contribution in [0.3, 0.4) is 0 Å². The number of alkyl carbamates (subject to hydrolysis) is 1. The maximum atomic E-state index is 13.1. The molecule has 1 unspecified atom stereocenters. The molecule has 10 nitrogen and oxygen atoms in total. The summed E-state index contributed by atoms with van der Waals surface area (Å²) in [5, 5.41) is 32.6. The van der Waals surface area contributed by atoms with Crippen LogP contribution in [0, 0.1) is 11.3 Å². The van der Waals surface area contributed by atoms with Crippen LogP contribution >= 0.6 is 0 Å². The van der Waals surface area contributed by atoms with Gasteiger partial charge in [-0.1, -0.05) is 42.5 Å². The van der Waals surface area contributed by atoms with Crippen molar-refractivity contribution in [2.45, 2.75) is 38.2 Å². The summed E-state index contributed by atoms with van der Waals surface area (Å²) < 4.78 is 16.2. The minimum atomic E-state index is -1.80. The van der Waals surface area contributed by atoms with Crippen LogP contribution in [-0.2, 0) is 27.1 Å². The van der Waals surface area contributed by atoms with Crippen molar-refractivity contribution in [1.29, 1.82) is 5.26 Å². The van der Waals surface area contributed by atoms with Gasteiger partial charge in [-0.15, -0.1) is 0 Å². The largest absolute Gasteiger partial charge is 0.475 e. The monoisotopic (exact) mass is 545 g/mol. The van der Waals surface area contributed by atoms with Crippen molar-refractivity contribution >= 4 is 36.2 Å². The lowest BCUT2D eigenvalue weighted by Gasteiger charge is -2.41. The van der Waals surface area contributed by atoms with E-state index >= 15 is 0 Å². The number of benzene rings is 2. The highest BCUT2D eigenvalue weighted by atomic mass is 16.5. The molecule has 3 aromatic rings. The van der Waals surface area contributed by atoms with E-state index in [9.17, 15) is 24.9 Å². The van der Waals surface area contributed by atoms with Crippen molar-refractivity contribution in [1.82, 2.24) is 10.2 Å². The number of carbonyl (C=O) groups excluding carboxylic acids is 2. The number of hydrogen-bond acceptors (Lipinski definition) is 8. The van der Waals surface area contributed by atoms with Gasteiger partial charge in [-0.3, -0.25) is 4.79 Å². The Hall–Kier alpha value is -4.11. The number of ether oxygens (including phenoxy) is 2. The molecular weight excluding hydrogens is 513 g/mol. The average molecular weight is 545 g/mol. The molecule has 4 rings (SSSR count). The molecule has 3 N–H and O–H groups in total. The van der Waals surface area contributed by atoms with Crippen molar-refractivity contribution in [3.8, 4) is 6.07 Å². The number of furan rings is 1. The number of para-hydroxylation sites is 1. The molecule has 0 bridgehead atoms. The summed E-state index contributed by atoms with van der Waals surface area (Å²) in [4.78, 5) is 27.1. The Bertz CT molecular complexity index is 1430. The fraction of sp³-hybridized carbons (Fsp3) is 0.345. The summed E-state index contributed by atoms with van der Waals surface area (Å²) in [7, 11) is -1.80. The number of carbonyl (C=O) groups is 2. The normalized spacial score (nSPS) is 15.8.